The molecule has 0 aliphatic carbocycles. The standard InChI is InChI=1S/C11H17NOS/c12-6-3-11(4-7-13-8-5-11)10-2-1-9-14-10/h1-2,9H,3-8,12H2. The molecular weight excluding hydrogens is 194 g/mol. The van der Waals surface area contributed by atoms with Gasteiger partial charge in [-0.2, -0.15) is 0 Å². The topological polar surface area (TPSA) is 35.2 Å². The first-order valence-corrected chi connectivity index (χ1v) is 6.07. The van der Waals surface area contributed by atoms with Gasteiger partial charge in [0.05, 0.1) is 0 Å². The van der Waals surface area contributed by atoms with Crippen LogP contribution in [-0.2, 0) is 10.2 Å². The van der Waals surface area contributed by atoms with E-state index in [1.165, 1.54) is 4.88 Å². The SMILES string of the molecule is NCCC1(c2cccs2)CCOCC1. The highest BCUT2D eigenvalue weighted by molar-refractivity contribution is 7.10. The molecule has 0 amide bonds. The molecule has 0 spiro atoms. The minimum absolute atomic E-state index is 0.321. The summed E-state index contributed by atoms with van der Waals surface area (Å²) in [5.74, 6) is 0. The molecule has 0 unspecified atom stereocenters. The maximum atomic E-state index is 5.71. The van der Waals surface area contributed by atoms with Crippen molar-refractivity contribution in [1.82, 2.24) is 0 Å². The van der Waals surface area contributed by atoms with Crippen LogP contribution in [-0.4, -0.2) is 19.8 Å². The molecule has 0 atom stereocenters. The van der Waals surface area contributed by atoms with Crippen molar-refractivity contribution in [2.75, 3.05) is 19.8 Å². The van der Waals surface area contributed by atoms with E-state index in [0.717, 1.165) is 39.0 Å². The number of rotatable bonds is 3. The summed E-state index contributed by atoms with van der Waals surface area (Å²) in [7, 11) is 0. The van der Waals surface area contributed by atoms with Gasteiger partial charge in [0.25, 0.3) is 0 Å². The molecule has 0 saturated carbocycles. The third kappa shape index (κ3) is 1.85. The van der Waals surface area contributed by atoms with Crippen LogP contribution in [0, 0.1) is 0 Å². The lowest BCUT2D eigenvalue weighted by molar-refractivity contribution is 0.0489. The van der Waals surface area contributed by atoms with Gasteiger partial charge in [0, 0.05) is 23.5 Å². The average molecular weight is 211 g/mol. The second kappa shape index (κ2) is 4.43. The van der Waals surface area contributed by atoms with E-state index in [0.29, 0.717) is 5.41 Å². The fraction of sp³-hybridized carbons (Fsp3) is 0.636. The molecule has 1 aromatic heterocycles. The Morgan fingerprint density at radius 1 is 1.43 bits per heavy atom. The van der Waals surface area contributed by atoms with E-state index in [2.05, 4.69) is 17.5 Å². The highest BCUT2D eigenvalue weighted by atomic mass is 32.1. The van der Waals surface area contributed by atoms with E-state index >= 15 is 0 Å². The number of ether oxygens (including phenoxy) is 1. The Hall–Kier alpha value is -0.380. The predicted octanol–water partition coefficient (Wildman–Crippen LogP) is 2.15. The molecule has 2 N–H and O–H groups in total. The summed E-state index contributed by atoms with van der Waals surface area (Å²) in [6.45, 7) is 2.55. The van der Waals surface area contributed by atoms with E-state index < -0.39 is 0 Å². The maximum absolute atomic E-state index is 5.71. The van der Waals surface area contributed by atoms with Crippen LogP contribution in [0.5, 0.6) is 0 Å². The Bertz CT molecular complexity index is 259. The van der Waals surface area contributed by atoms with Crippen LogP contribution in [0.3, 0.4) is 0 Å². The highest BCUT2D eigenvalue weighted by Gasteiger charge is 2.34. The number of nitrogens with two attached hydrogens (primary N) is 1. The molecule has 2 rings (SSSR count). The van der Waals surface area contributed by atoms with Crippen LogP contribution in [0.2, 0.25) is 0 Å². The summed E-state index contributed by atoms with van der Waals surface area (Å²) in [5, 5.41) is 2.16. The fourth-order valence-electron chi connectivity index (χ4n) is 2.24. The Morgan fingerprint density at radius 3 is 2.79 bits per heavy atom. The highest BCUT2D eigenvalue weighted by Crippen LogP contribution is 2.39. The molecule has 1 fully saturated rings. The predicted molar refractivity (Wildman–Crippen MR) is 59.7 cm³/mol. The first-order chi connectivity index (χ1) is 6.87. The van der Waals surface area contributed by atoms with Gasteiger partial charge in [-0.25, -0.2) is 0 Å². The van der Waals surface area contributed by atoms with Gasteiger partial charge in [0.1, 0.15) is 0 Å². The van der Waals surface area contributed by atoms with Crippen molar-refractivity contribution in [2.24, 2.45) is 5.73 Å². The summed E-state index contributed by atoms with van der Waals surface area (Å²) in [4.78, 5) is 1.49. The Kier molecular flexibility index (Phi) is 3.21. The fourth-order valence-corrected chi connectivity index (χ4v) is 3.26. The molecule has 1 saturated heterocycles. The van der Waals surface area contributed by atoms with Gasteiger partial charge >= 0.3 is 0 Å². The number of hydrogen-bond donors (Lipinski definition) is 1. The lowest BCUT2D eigenvalue weighted by Gasteiger charge is -2.36. The molecule has 78 valence electrons. The Morgan fingerprint density at radius 2 is 2.21 bits per heavy atom. The van der Waals surface area contributed by atoms with Crippen molar-refractivity contribution < 1.29 is 4.74 Å². The Labute approximate surface area is 89.1 Å². The third-order valence-electron chi connectivity index (χ3n) is 3.12. The molecule has 14 heavy (non-hydrogen) atoms. The van der Waals surface area contributed by atoms with Gasteiger partial charge in [-0.3, -0.25) is 0 Å². The molecule has 0 aromatic carbocycles. The van der Waals surface area contributed by atoms with Crippen LogP contribution in [0.1, 0.15) is 24.1 Å². The van der Waals surface area contributed by atoms with E-state index in [4.69, 9.17) is 10.5 Å². The smallest absolute Gasteiger partial charge is 0.0474 e. The molecule has 0 bridgehead atoms. The monoisotopic (exact) mass is 211 g/mol. The van der Waals surface area contributed by atoms with Gasteiger partial charge in [-0.1, -0.05) is 6.07 Å². The van der Waals surface area contributed by atoms with Crippen molar-refractivity contribution >= 4 is 11.3 Å². The lowest BCUT2D eigenvalue weighted by Crippen LogP contribution is -2.35. The normalized spacial score (nSPS) is 20.9. The van der Waals surface area contributed by atoms with Crippen LogP contribution >= 0.6 is 11.3 Å². The van der Waals surface area contributed by atoms with Gasteiger partial charge in [-0.15, -0.1) is 11.3 Å². The summed E-state index contributed by atoms with van der Waals surface area (Å²) in [5.41, 5.74) is 6.04. The first-order valence-electron chi connectivity index (χ1n) is 5.19. The Balaban J connectivity index is 2.20. The molecular formula is C11H17NOS. The van der Waals surface area contributed by atoms with Crippen LogP contribution < -0.4 is 5.73 Å². The summed E-state index contributed by atoms with van der Waals surface area (Å²) < 4.78 is 5.43. The van der Waals surface area contributed by atoms with E-state index in [-0.39, 0.29) is 0 Å². The van der Waals surface area contributed by atoms with Gasteiger partial charge < -0.3 is 10.5 Å². The van der Waals surface area contributed by atoms with Crippen molar-refractivity contribution in [2.45, 2.75) is 24.7 Å². The van der Waals surface area contributed by atoms with Gasteiger partial charge in [-0.05, 0) is 37.3 Å². The molecule has 0 radical (unpaired) electrons. The number of hydrogen-bond acceptors (Lipinski definition) is 3. The molecule has 1 aliphatic rings. The van der Waals surface area contributed by atoms with Crippen molar-refractivity contribution in [3.63, 3.8) is 0 Å². The van der Waals surface area contributed by atoms with Crippen LogP contribution in [0.25, 0.3) is 0 Å². The molecule has 1 aromatic rings. The van der Waals surface area contributed by atoms with Crippen molar-refractivity contribution in [3.8, 4) is 0 Å². The summed E-state index contributed by atoms with van der Waals surface area (Å²) in [6.07, 6.45) is 3.35. The second-order valence-electron chi connectivity index (χ2n) is 3.91. The van der Waals surface area contributed by atoms with E-state index in [9.17, 15) is 0 Å². The van der Waals surface area contributed by atoms with Crippen LogP contribution in [0.4, 0.5) is 0 Å². The van der Waals surface area contributed by atoms with Crippen molar-refractivity contribution in [1.29, 1.82) is 0 Å². The van der Waals surface area contributed by atoms with Crippen LogP contribution in [0.15, 0.2) is 17.5 Å². The lowest BCUT2D eigenvalue weighted by atomic mass is 9.76. The zero-order valence-corrected chi connectivity index (χ0v) is 9.19. The largest absolute Gasteiger partial charge is 0.381 e. The molecule has 3 heteroatoms. The second-order valence-corrected chi connectivity index (χ2v) is 4.86. The minimum Gasteiger partial charge on any atom is -0.381 e. The van der Waals surface area contributed by atoms with Crippen molar-refractivity contribution in [3.05, 3.63) is 22.4 Å². The quantitative estimate of drug-likeness (QED) is 0.831. The maximum Gasteiger partial charge on any atom is 0.0474 e. The third-order valence-corrected chi connectivity index (χ3v) is 4.23. The zero-order chi connectivity index (χ0) is 9.86. The number of thiophene rings is 1. The van der Waals surface area contributed by atoms with Gasteiger partial charge in [0.15, 0.2) is 0 Å². The molecule has 1 aliphatic heterocycles. The van der Waals surface area contributed by atoms with Gasteiger partial charge in [0.2, 0.25) is 0 Å². The average Bonchev–Trinajstić information content (AvgIpc) is 2.73. The zero-order valence-electron chi connectivity index (χ0n) is 8.37. The summed E-state index contributed by atoms with van der Waals surface area (Å²) >= 11 is 1.86. The molecule has 2 heterocycles. The van der Waals surface area contributed by atoms with E-state index in [1.807, 2.05) is 11.3 Å². The summed E-state index contributed by atoms with van der Waals surface area (Å²) in [6, 6.07) is 4.37. The first kappa shape index (κ1) is 10.1. The van der Waals surface area contributed by atoms with E-state index in [1.54, 1.807) is 0 Å². The minimum atomic E-state index is 0.321. The molecule has 2 nitrogen and oxygen atoms in total.